The van der Waals surface area contributed by atoms with Crippen LogP contribution < -0.4 is 4.74 Å². The van der Waals surface area contributed by atoms with E-state index in [0.29, 0.717) is 17.6 Å². The number of rotatable bonds is 5. The second-order valence-corrected chi connectivity index (χ2v) is 8.65. The molecule has 0 saturated carbocycles. The Labute approximate surface area is 164 Å². The molecule has 0 bridgehead atoms. The van der Waals surface area contributed by atoms with Crippen molar-refractivity contribution in [1.82, 2.24) is 13.9 Å². The number of fused-ring (bicyclic) bond motifs is 2. The lowest BCUT2D eigenvalue weighted by molar-refractivity contribution is 0.374. The van der Waals surface area contributed by atoms with E-state index in [1.54, 1.807) is 43.8 Å². The van der Waals surface area contributed by atoms with Crippen molar-refractivity contribution < 1.29 is 13.2 Å². The number of pyridine rings is 1. The predicted molar refractivity (Wildman–Crippen MR) is 110 cm³/mol. The molecule has 28 heavy (non-hydrogen) atoms. The maximum atomic E-state index is 13.5. The fraction of sp³-hybridized carbons (Fsp3) is 0.190. The van der Waals surface area contributed by atoms with E-state index in [4.69, 9.17) is 4.74 Å². The zero-order valence-electron chi connectivity index (χ0n) is 16.0. The van der Waals surface area contributed by atoms with Crippen LogP contribution in [-0.4, -0.2) is 43.5 Å². The van der Waals surface area contributed by atoms with Gasteiger partial charge in [-0.2, -0.15) is 0 Å². The number of ether oxygens (including phenoxy) is 1. The SMILES string of the molecule is COc1ccc2c(ccn2S(=O)(=O)c2cccc3cccnc23)c1CN(C)C. The lowest BCUT2D eigenvalue weighted by atomic mass is 10.1. The van der Waals surface area contributed by atoms with Crippen LogP contribution in [0.3, 0.4) is 0 Å². The van der Waals surface area contributed by atoms with E-state index in [1.165, 1.54) is 3.97 Å². The average Bonchev–Trinajstić information content (AvgIpc) is 3.13. The summed E-state index contributed by atoms with van der Waals surface area (Å²) in [5.41, 5.74) is 2.04. The Morgan fingerprint density at radius 3 is 2.61 bits per heavy atom. The van der Waals surface area contributed by atoms with Crippen LogP contribution in [0.4, 0.5) is 0 Å². The number of hydrogen-bond donors (Lipinski definition) is 0. The van der Waals surface area contributed by atoms with Gasteiger partial charge in [0.15, 0.2) is 0 Å². The van der Waals surface area contributed by atoms with E-state index in [2.05, 4.69) is 4.98 Å². The molecule has 2 aromatic carbocycles. The van der Waals surface area contributed by atoms with Crippen LogP contribution in [-0.2, 0) is 16.6 Å². The minimum atomic E-state index is -3.81. The molecule has 0 N–H and O–H groups in total. The molecule has 0 radical (unpaired) electrons. The first kappa shape index (κ1) is 18.5. The molecular formula is C21H21N3O3S. The van der Waals surface area contributed by atoms with Crippen molar-refractivity contribution in [2.75, 3.05) is 21.2 Å². The smallest absolute Gasteiger partial charge is 0.270 e. The van der Waals surface area contributed by atoms with Gasteiger partial charge in [0, 0.05) is 35.3 Å². The number of aromatic nitrogens is 2. The lowest BCUT2D eigenvalue weighted by Crippen LogP contribution is -2.14. The van der Waals surface area contributed by atoms with Gasteiger partial charge >= 0.3 is 0 Å². The van der Waals surface area contributed by atoms with E-state index < -0.39 is 10.0 Å². The molecule has 0 atom stereocenters. The maximum Gasteiger partial charge on any atom is 0.270 e. The van der Waals surface area contributed by atoms with Gasteiger partial charge in [0.05, 0.1) is 18.1 Å². The third-order valence-electron chi connectivity index (χ3n) is 4.73. The Kier molecular flexibility index (Phi) is 4.56. The van der Waals surface area contributed by atoms with Crippen LogP contribution in [0.2, 0.25) is 0 Å². The lowest BCUT2D eigenvalue weighted by Gasteiger charge is -2.15. The summed E-state index contributed by atoms with van der Waals surface area (Å²) in [6.07, 6.45) is 3.20. The van der Waals surface area contributed by atoms with Crippen molar-refractivity contribution in [2.24, 2.45) is 0 Å². The van der Waals surface area contributed by atoms with Crippen molar-refractivity contribution >= 4 is 31.8 Å². The van der Waals surface area contributed by atoms with Crippen molar-refractivity contribution in [3.63, 3.8) is 0 Å². The van der Waals surface area contributed by atoms with E-state index >= 15 is 0 Å². The fourth-order valence-electron chi connectivity index (χ4n) is 3.50. The molecule has 2 aromatic heterocycles. The fourth-order valence-corrected chi connectivity index (χ4v) is 5.02. The van der Waals surface area contributed by atoms with Crippen LogP contribution in [0.5, 0.6) is 5.75 Å². The zero-order chi connectivity index (χ0) is 19.9. The quantitative estimate of drug-likeness (QED) is 0.518. The number of nitrogens with zero attached hydrogens (tertiary/aromatic N) is 3. The zero-order valence-corrected chi connectivity index (χ0v) is 16.8. The monoisotopic (exact) mass is 395 g/mol. The van der Waals surface area contributed by atoms with Gasteiger partial charge in [-0.05, 0) is 44.4 Å². The summed E-state index contributed by atoms with van der Waals surface area (Å²) in [5, 5.41) is 1.64. The van der Waals surface area contributed by atoms with E-state index in [-0.39, 0.29) is 4.90 Å². The molecule has 0 saturated heterocycles. The Morgan fingerprint density at radius 1 is 1.07 bits per heavy atom. The van der Waals surface area contributed by atoms with Crippen molar-refractivity contribution in [1.29, 1.82) is 0 Å². The molecule has 0 aliphatic rings. The molecular weight excluding hydrogens is 374 g/mol. The van der Waals surface area contributed by atoms with Crippen LogP contribution in [0.15, 0.2) is 65.8 Å². The van der Waals surface area contributed by atoms with Gasteiger partial charge in [-0.3, -0.25) is 4.98 Å². The van der Waals surface area contributed by atoms with Crippen LogP contribution in [0, 0.1) is 0 Å². The summed E-state index contributed by atoms with van der Waals surface area (Å²) in [4.78, 5) is 6.52. The molecule has 4 aromatic rings. The first-order valence-corrected chi connectivity index (χ1v) is 10.3. The Morgan fingerprint density at radius 2 is 1.86 bits per heavy atom. The summed E-state index contributed by atoms with van der Waals surface area (Å²) < 4.78 is 33.8. The molecule has 0 aliphatic heterocycles. The van der Waals surface area contributed by atoms with Crippen molar-refractivity contribution in [3.05, 3.63) is 66.5 Å². The number of benzene rings is 2. The summed E-state index contributed by atoms with van der Waals surface area (Å²) in [7, 11) is 1.74. The number of hydrogen-bond acceptors (Lipinski definition) is 5. The Hall–Kier alpha value is -2.90. The molecule has 2 heterocycles. The topological polar surface area (TPSA) is 64.4 Å². The second kappa shape index (κ2) is 6.92. The van der Waals surface area contributed by atoms with Gasteiger partial charge in [-0.15, -0.1) is 0 Å². The van der Waals surface area contributed by atoms with Gasteiger partial charge < -0.3 is 9.64 Å². The first-order valence-electron chi connectivity index (χ1n) is 8.84. The minimum Gasteiger partial charge on any atom is -0.496 e. The molecule has 0 unspecified atom stereocenters. The number of para-hydroxylation sites is 1. The highest BCUT2D eigenvalue weighted by molar-refractivity contribution is 7.90. The summed E-state index contributed by atoms with van der Waals surface area (Å²) in [6, 6.07) is 14.3. The van der Waals surface area contributed by atoms with E-state index in [1.807, 2.05) is 43.3 Å². The van der Waals surface area contributed by atoms with Gasteiger partial charge in [-0.25, -0.2) is 12.4 Å². The normalized spacial score (nSPS) is 12.1. The highest BCUT2D eigenvalue weighted by Gasteiger charge is 2.23. The predicted octanol–water partition coefficient (Wildman–Crippen LogP) is 3.50. The minimum absolute atomic E-state index is 0.188. The van der Waals surface area contributed by atoms with Crippen LogP contribution >= 0.6 is 0 Å². The summed E-state index contributed by atoms with van der Waals surface area (Å²) in [6.45, 7) is 0.639. The average molecular weight is 395 g/mol. The summed E-state index contributed by atoms with van der Waals surface area (Å²) >= 11 is 0. The van der Waals surface area contributed by atoms with Crippen molar-refractivity contribution in [2.45, 2.75) is 11.4 Å². The maximum absolute atomic E-state index is 13.5. The van der Waals surface area contributed by atoms with Gasteiger partial charge in [0.1, 0.15) is 10.6 Å². The standard InChI is InChI=1S/C21H21N3O3S/c1-23(2)14-17-16-11-13-24(18(16)9-10-19(17)27-3)28(25,26)20-8-4-6-15-7-5-12-22-21(15)20/h4-13H,14H2,1-3H3. The third-order valence-corrected chi connectivity index (χ3v) is 6.45. The van der Waals surface area contributed by atoms with Crippen LogP contribution in [0.1, 0.15) is 5.56 Å². The van der Waals surface area contributed by atoms with Crippen molar-refractivity contribution in [3.8, 4) is 5.75 Å². The molecule has 144 valence electrons. The third kappa shape index (κ3) is 2.93. The van der Waals surface area contributed by atoms with E-state index in [0.717, 1.165) is 22.1 Å². The molecule has 0 fully saturated rings. The second-order valence-electron chi connectivity index (χ2n) is 6.86. The Bertz CT molecular complexity index is 1270. The van der Waals surface area contributed by atoms with Gasteiger partial charge in [0.2, 0.25) is 0 Å². The van der Waals surface area contributed by atoms with Gasteiger partial charge in [0.25, 0.3) is 10.0 Å². The number of methoxy groups -OCH3 is 1. The molecule has 0 spiro atoms. The highest BCUT2D eigenvalue weighted by atomic mass is 32.2. The summed E-state index contributed by atoms with van der Waals surface area (Å²) in [5.74, 6) is 0.739. The highest BCUT2D eigenvalue weighted by Crippen LogP contribution is 2.32. The molecule has 0 amide bonds. The molecule has 0 aliphatic carbocycles. The largest absolute Gasteiger partial charge is 0.496 e. The Balaban J connectivity index is 1.96. The van der Waals surface area contributed by atoms with Crippen LogP contribution in [0.25, 0.3) is 21.8 Å². The first-order chi connectivity index (χ1) is 13.4. The molecule has 6 nitrogen and oxygen atoms in total. The van der Waals surface area contributed by atoms with E-state index in [9.17, 15) is 8.42 Å². The van der Waals surface area contributed by atoms with Gasteiger partial charge in [-0.1, -0.05) is 18.2 Å². The molecule has 4 rings (SSSR count). The molecule has 7 heteroatoms.